The van der Waals surface area contributed by atoms with Crippen molar-refractivity contribution in [3.8, 4) is 11.1 Å². The second-order valence-electron chi connectivity index (χ2n) is 18.3. The van der Waals surface area contributed by atoms with E-state index < -0.39 is 16.1 Å². The van der Waals surface area contributed by atoms with Gasteiger partial charge in [0.15, 0.2) is 0 Å². The van der Waals surface area contributed by atoms with Crippen LogP contribution in [-0.2, 0) is 5.41 Å². The van der Waals surface area contributed by atoms with Crippen molar-refractivity contribution in [2.45, 2.75) is 58.5 Å². The van der Waals surface area contributed by atoms with Gasteiger partial charge in [0.05, 0.1) is 27.5 Å². The molecule has 1 aliphatic rings. The number of hydrogen-bond acceptors (Lipinski definition) is 2. The summed E-state index contributed by atoms with van der Waals surface area (Å²) < 4.78 is 0. The zero-order valence-corrected chi connectivity index (χ0v) is 36.6. The van der Waals surface area contributed by atoms with E-state index in [1.165, 1.54) is 82.6 Å². The van der Waals surface area contributed by atoms with E-state index in [0.717, 1.165) is 5.69 Å². The largest absolute Gasteiger partial charge is 0.310 e. The molecule has 0 bridgehead atoms. The Bertz CT molecular complexity index is 2770. The van der Waals surface area contributed by atoms with Crippen LogP contribution in [0.3, 0.4) is 0 Å². The molecule has 9 rings (SSSR count). The fourth-order valence-corrected chi connectivity index (χ4v) is 11.3. The molecule has 8 aromatic carbocycles. The summed E-state index contributed by atoms with van der Waals surface area (Å²) >= 11 is 0. The molecule has 0 saturated carbocycles. The number of hydrogen-bond donors (Lipinski definition) is 0. The number of anilines is 6. The molecule has 0 unspecified atom stereocenters. The fourth-order valence-electron chi connectivity index (χ4n) is 8.93. The lowest BCUT2D eigenvalue weighted by Gasteiger charge is -2.31. The van der Waals surface area contributed by atoms with Gasteiger partial charge >= 0.3 is 0 Å². The minimum Gasteiger partial charge on any atom is -0.310 e. The Kier molecular flexibility index (Phi) is 8.91. The maximum absolute atomic E-state index is 2.49. The number of rotatable bonds is 8. The first kappa shape index (κ1) is 36.9. The highest BCUT2D eigenvalue weighted by Gasteiger charge is 2.38. The van der Waals surface area contributed by atoms with Crippen molar-refractivity contribution in [1.82, 2.24) is 0 Å². The third-order valence-corrected chi connectivity index (χ3v) is 16.3. The van der Waals surface area contributed by atoms with E-state index in [-0.39, 0.29) is 5.41 Å². The van der Waals surface area contributed by atoms with Gasteiger partial charge in [0.1, 0.15) is 0 Å². The van der Waals surface area contributed by atoms with Gasteiger partial charge in [0, 0.05) is 38.9 Å². The normalized spacial score (nSPS) is 13.4. The van der Waals surface area contributed by atoms with Crippen molar-refractivity contribution in [3.05, 3.63) is 181 Å². The quantitative estimate of drug-likeness (QED) is 0.142. The van der Waals surface area contributed by atoms with E-state index in [1.807, 2.05) is 0 Å². The van der Waals surface area contributed by atoms with E-state index in [0.29, 0.717) is 0 Å². The lowest BCUT2D eigenvalue weighted by molar-refractivity contribution is 0.661. The van der Waals surface area contributed by atoms with Gasteiger partial charge in [-0.15, -0.1) is 0 Å². The topological polar surface area (TPSA) is 6.48 Å². The second-order valence-corrected chi connectivity index (χ2v) is 28.5. The molecule has 0 aliphatic heterocycles. The van der Waals surface area contributed by atoms with Crippen molar-refractivity contribution in [2.75, 3.05) is 9.80 Å². The van der Waals surface area contributed by atoms with Gasteiger partial charge in [-0.3, -0.25) is 0 Å². The highest BCUT2D eigenvalue weighted by molar-refractivity contribution is 6.89. The molecule has 8 aromatic rings. The van der Waals surface area contributed by atoms with Gasteiger partial charge in [-0.05, 0) is 93.7 Å². The predicted octanol–water partition coefficient (Wildman–Crippen LogP) is 14.3. The lowest BCUT2D eigenvalue weighted by Crippen LogP contribution is -2.37. The highest BCUT2D eigenvalue weighted by atomic mass is 28.3. The molecule has 0 atom stereocenters. The van der Waals surface area contributed by atoms with Crippen molar-refractivity contribution in [3.63, 3.8) is 0 Å². The first-order chi connectivity index (χ1) is 27.3. The Balaban J connectivity index is 1.24. The molecule has 0 N–H and O–H groups in total. The van der Waals surface area contributed by atoms with E-state index in [9.17, 15) is 0 Å². The molecule has 0 saturated heterocycles. The minimum atomic E-state index is -1.47. The summed E-state index contributed by atoms with van der Waals surface area (Å²) in [6, 6.07) is 63.8. The maximum Gasteiger partial charge on any atom is 0.0775 e. The van der Waals surface area contributed by atoms with Gasteiger partial charge in [0.25, 0.3) is 0 Å². The van der Waals surface area contributed by atoms with E-state index >= 15 is 0 Å². The van der Waals surface area contributed by atoms with Gasteiger partial charge in [-0.1, -0.05) is 173 Å². The molecule has 4 heteroatoms. The average molecular weight is 773 g/mol. The van der Waals surface area contributed by atoms with Crippen molar-refractivity contribution >= 4 is 82.2 Å². The van der Waals surface area contributed by atoms with Gasteiger partial charge in [-0.25, -0.2) is 0 Å². The summed E-state index contributed by atoms with van der Waals surface area (Å²) in [4.78, 5) is 4.94. The van der Waals surface area contributed by atoms with Crippen LogP contribution >= 0.6 is 0 Å². The molecule has 2 nitrogen and oxygen atoms in total. The minimum absolute atomic E-state index is 0.254. The summed E-state index contributed by atoms with van der Waals surface area (Å²) in [5.41, 5.74) is 12.2. The van der Waals surface area contributed by atoms with Crippen LogP contribution in [-0.4, -0.2) is 16.1 Å². The third-order valence-electron chi connectivity index (χ3n) is 12.1. The van der Waals surface area contributed by atoms with Gasteiger partial charge in [0.2, 0.25) is 0 Å². The first-order valence-electron chi connectivity index (χ1n) is 20.4. The Hall–Kier alpha value is -5.69. The van der Waals surface area contributed by atoms with Crippen LogP contribution < -0.4 is 20.2 Å². The van der Waals surface area contributed by atoms with Crippen LogP contribution in [0.5, 0.6) is 0 Å². The highest BCUT2D eigenvalue weighted by Crippen LogP contribution is 2.56. The lowest BCUT2D eigenvalue weighted by atomic mass is 9.81. The van der Waals surface area contributed by atoms with Gasteiger partial charge in [-0.2, -0.15) is 0 Å². The molecule has 57 heavy (non-hydrogen) atoms. The molecule has 1 aliphatic carbocycles. The van der Waals surface area contributed by atoms with E-state index in [1.54, 1.807) is 0 Å². The Morgan fingerprint density at radius 3 is 1.49 bits per heavy atom. The van der Waals surface area contributed by atoms with Crippen LogP contribution in [0.4, 0.5) is 34.1 Å². The standard InChI is InChI=1S/C53H52N2Si2/c1-53(2)48-35-41(55(40-27-32-43(33-28-40)57(6,7)8)50-24-16-18-37-17-12-13-21-44(37)50)29-34-47(48)52-46-23-15-14-22-45(46)51(36-49(52)53)54(38-19-10-9-11-20-38)39-25-30-42(31-26-39)56(3,4)5/h9-36H,1-8H3. The summed E-state index contributed by atoms with van der Waals surface area (Å²) in [6.07, 6.45) is 0. The van der Waals surface area contributed by atoms with Crippen LogP contribution in [0.2, 0.25) is 39.3 Å². The van der Waals surface area contributed by atoms with Gasteiger partial charge < -0.3 is 9.80 Å². The van der Waals surface area contributed by atoms with Crippen LogP contribution in [0.1, 0.15) is 25.0 Å². The summed E-state index contributed by atoms with van der Waals surface area (Å²) in [6.45, 7) is 19.3. The monoisotopic (exact) mass is 772 g/mol. The number of para-hydroxylation sites is 1. The zero-order valence-electron chi connectivity index (χ0n) is 34.6. The summed E-state index contributed by atoms with van der Waals surface area (Å²) in [7, 11) is -2.94. The molecule has 0 radical (unpaired) electrons. The van der Waals surface area contributed by atoms with E-state index in [4.69, 9.17) is 0 Å². The molecule has 0 amide bonds. The average Bonchev–Trinajstić information content (AvgIpc) is 3.43. The molecule has 0 heterocycles. The Morgan fingerprint density at radius 2 is 0.877 bits per heavy atom. The number of nitrogens with zero attached hydrogens (tertiary/aromatic N) is 2. The Labute approximate surface area is 341 Å². The molecule has 0 aromatic heterocycles. The first-order valence-corrected chi connectivity index (χ1v) is 27.4. The second kappa shape index (κ2) is 13.8. The zero-order chi connectivity index (χ0) is 39.7. The number of fused-ring (bicyclic) bond motifs is 6. The van der Waals surface area contributed by atoms with Crippen molar-refractivity contribution < 1.29 is 0 Å². The van der Waals surface area contributed by atoms with E-state index in [2.05, 4.69) is 233 Å². The predicted molar refractivity (Wildman–Crippen MR) is 254 cm³/mol. The molecular formula is C53H52N2Si2. The third kappa shape index (κ3) is 6.41. The molecule has 0 fully saturated rings. The van der Waals surface area contributed by atoms with Crippen molar-refractivity contribution in [1.29, 1.82) is 0 Å². The SMILES string of the molecule is CC1(C)c2cc(N(c3ccc([Si](C)(C)C)cc3)c3cccc4ccccc34)ccc2-c2c1cc(N(c1ccccc1)c1ccc([Si](C)(C)C)cc1)c1ccccc21. The Morgan fingerprint density at radius 1 is 0.386 bits per heavy atom. The van der Waals surface area contributed by atoms with Crippen LogP contribution in [0.15, 0.2) is 170 Å². The fraction of sp³-hybridized carbons (Fsp3) is 0.170. The smallest absolute Gasteiger partial charge is 0.0775 e. The maximum atomic E-state index is 2.49. The van der Waals surface area contributed by atoms with Crippen LogP contribution in [0.25, 0.3) is 32.7 Å². The molecular weight excluding hydrogens is 721 g/mol. The molecule has 282 valence electrons. The summed E-state index contributed by atoms with van der Waals surface area (Å²) in [5.74, 6) is 0. The van der Waals surface area contributed by atoms with Crippen molar-refractivity contribution in [2.24, 2.45) is 0 Å². The van der Waals surface area contributed by atoms with Crippen LogP contribution in [0, 0.1) is 0 Å². The number of benzene rings is 8. The summed E-state index contributed by atoms with van der Waals surface area (Å²) in [5, 5.41) is 7.96. The molecule has 0 spiro atoms.